The van der Waals surface area contributed by atoms with Gasteiger partial charge in [0.15, 0.2) is 0 Å². The molecule has 4 heteroatoms. The van der Waals surface area contributed by atoms with Gasteiger partial charge in [-0.3, -0.25) is 4.98 Å². The molecule has 66 valence electrons. The molecule has 0 aliphatic carbocycles. The number of nitrogen functional groups attached to an aromatic ring is 1. The molecule has 2 aromatic rings. The van der Waals surface area contributed by atoms with Crippen molar-refractivity contribution in [3.63, 3.8) is 0 Å². The number of aromatic amines is 1. The molecule has 0 saturated carbocycles. The third-order valence-electron chi connectivity index (χ3n) is 1.81. The number of nitrogens with two attached hydrogens (primary N) is 1. The van der Waals surface area contributed by atoms with Gasteiger partial charge in [0.1, 0.15) is 5.82 Å². The largest absolute Gasteiger partial charge is 0.398 e. The first kappa shape index (κ1) is 7.79. The van der Waals surface area contributed by atoms with Gasteiger partial charge in [-0.1, -0.05) is 0 Å². The summed E-state index contributed by atoms with van der Waals surface area (Å²) in [6.07, 6.45) is 5.13. The minimum Gasteiger partial charge on any atom is -0.398 e. The van der Waals surface area contributed by atoms with Crippen molar-refractivity contribution in [1.82, 2.24) is 15.0 Å². The first-order valence-electron chi connectivity index (χ1n) is 3.99. The van der Waals surface area contributed by atoms with E-state index in [0.29, 0.717) is 5.69 Å². The molecule has 0 aliphatic rings. The molecule has 0 saturated heterocycles. The number of hydrogen-bond donors (Lipinski definition) is 2. The normalized spacial score (nSPS) is 10.2. The van der Waals surface area contributed by atoms with Crippen molar-refractivity contribution in [2.24, 2.45) is 0 Å². The van der Waals surface area contributed by atoms with Crippen LogP contribution in [0.2, 0.25) is 0 Å². The summed E-state index contributed by atoms with van der Waals surface area (Å²) in [5.74, 6) is 0.767. The number of aromatic nitrogens is 3. The number of nitrogens with zero attached hydrogens (tertiary/aromatic N) is 2. The first-order valence-corrected chi connectivity index (χ1v) is 3.99. The second kappa shape index (κ2) is 2.90. The third-order valence-corrected chi connectivity index (χ3v) is 1.81. The van der Waals surface area contributed by atoms with Gasteiger partial charge in [-0.15, -0.1) is 0 Å². The van der Waals surface area contributed by atoms with E-state index in [1.807, 2.05) is 6.92 Å². The van der Waals surface area contributed by atoms with Crippen LogP contribution in [0.4, 0.5) is 5.69 Å². The van der Waals surface area contributed by atoms with Crippen molar-refractivity contribution in [1.29, 1.82) is 0 Å². The average molecular weight is 174 g/mol. The van der Waals surface area contributed by atoms with E-state index in [4.69, 9.17) is 5.73 Å². The predicted octanol–water partition coefficient (Wildman–Crippen LogP) is 1.36. The van der Waals surface area contributed by atoms with Crippen molar-refractivity contribution in [2.75, 3.05) is 5.73 Å². The lowest BCUT2D eigenvalue weighted by molar-refractivity contribution is 1.23. The Morgan fingerprint density at radius 2 is 2.23 bits per heavy atom. The number of anilines is 1. The Balaban J connectivity index is 2.52. The zero-order valence-electron chi connectivity index (χ0n) is 7.28. The molecule has 3 N–H and O–H groups in total. The zero-order valence-corrected chi connectivity index (χ0v) is 7.28. The SMILES string of the molecule is Cc1cnc(-c2cnccc2N)[nH]1. The molecule has 2 rings (SSSR count). The van der Waals surface area contributed by atoms with Crippen molar-refractivity contribution in [3.8, 4) is 11.4 Å². The fourth-order valence-electron chi connectivity index (χ4n) is 1.15. The molecule has 2 aromatic heterocycles. The summed E-state index contributed by atoms with van der Waals surface area (Å²) in [5.41, 5.74) is 8.30. The maximum absolute atomic E-state index is 5.76. The molecule has 0 bridgehead atoms. The summed E-state index contributed by atoms with van der Waals surface area (Å²) >= 11 is 0. The number of rotatable bonds is 1. The topological polar surface area (TPSA) is 67.6 Å². The number of hydrogen-bond acceptors (Lipinski definition) is 3. The highest BCUT2D eigenvalue weighted by Crippen LogP contribution is 2.20. The minimum absolute atomic E-state index is 0.685. The zero-order chi connectivity index (χ0) is 9.26. The van der Waals surface area contributed by atoms with Gasteiger partial charge in [-0.2, -0.15) is 0 Å². The Hall–Kier alpha value is -1.84. The Bertz CT molecular complexity index is 419. The lowest BCUT2D eigenvalue weighted by atomic mass is 10.2. The van der Waals surface area contributed by atoms with Crippen LogP contribution in [0.5, 0.6) is 0 Å². The van der Waals surface area contributed by atoms with Gasteiger partial charge in [0, 0.05) is 30.0 Å². The van der Waals surface area contributed by atoms with E-state index in [2.05, 4.69) is 15.0 Å². The fourth-order valence-corrected chi connectivity index (χ4v) is 1.15. The van der Waals surface area contributed by atoms with Crippen LogP contribution in [0.1, 0.15) is 5.69 Å². The Morgan fingerprint density at radius 3 is 2.85 bits per heavy atom. The molecule has 0 radical (unpaired) electrons. The molecule has 2 heterocycles. The van der Waals surface area contributed by atoms with Crippen LogP contribution in [-0.2, 0) is 0 Å². The molecule has 0 spiro atoms. The second-order valence-corrected chi connectivity index (χ2v) is 2.88. The van der Waals surface area contributed by atoms with Gasteiger partial charge in [-0.25, -0.2) is 4.98 Å². The summed E-state index contributed by atoms with van der Waals surface area (Å²) in [5, 5.41) is 0. The van der Waals surface area contributed by atoms with Gasteiger partial charge in [0.25, 0.3) is 0 Å². The molecular weight excluding hydrogens is 164 g/mol. The van der Waals surface area contributed by atoms with Crippen LogP contribution < -0.4 is 5.73 Å². The summed E-state index contributed by atoms with van der Waals surface area (Å²) in [7, 11) is 0. The number of pyridine rings is 1. The van der Waals surface area contributed by atoms with Crippen molar-refractivity contribution in [2.45, 2.75) is 6.92 Å². The Morgan fingerprint density at radius 1 is 1.38 bits per heavy atom. The summed E-state index contributed by atoms with van der Waals surface area (Å²) in [4.78, 5) is 11.3. The molecule has 0 atom stereocenters. The number of nitrogens with one attached hydrogen (secondary N) is 1. The molecule has 0 amide bonds. The standard InChI is InChI=1S/C9H10N4/c1-6-4-12-9(13-6)7-5-11-3-2-8(7)10/h2-5H,1H3,(H2,10,11)(H,12,13). The van der Waals surface area contributed by atoms with E-state index in [-0.39, 0.29) is 0 Å². The molecule has 4 nitrogen and oxygen atoms in total. The highest BCUT2D eigenvalue weighted by Gasteiger charge is 2.04. The van der Waals surface area contributed by atoms with E-state index in [0.717, 1.165) is 17.1 Å². The van der Waals surface area contributed by atoms with E-state index >= 15 is 0 Å². The monoisotopic (exact) mass is 174 g/mol. The maximum Gasteiger partial charge on any atom is 0.141 e. The van der Waals surface area contributed by atoms with Crippen molar-refractivity contribution in [3.05, 3.63) is 30.4 Å². The molecule has 0 aliphatic heterocycles. The number of H-pyrrole nitrogens is 1. The van der Waals surface area contributed by atoms with E-state index in [1.54, 1.807) is 24.7 Å². The lowest BCUT2D eigenvalue weighted by Gasteiger charge is -1.99. The van der Waals surface area contributed by atoms with Gasteiger partial charge >= 0.3 is 0 Å². The highest BCUT2D eigenvalue weighted by atomic mass is 14.9. The predicted molar refractivity (Wildman–Crippen MR) is 51.0 cm³/mol. The number of imidazole rings is 1. The van der Waals surface area contributed by atoms with E-state index < -0.39 is 0 Å². The Labute approximate surface area is 75.8 Å². The molecule has 13 heavy (non-hydrogen) atoms. The smallest absolute Gasteiger partial charge is 0.141 e. The van der Waals surface area contributed by atoms with Crippen LogP contribution in [0, 0.1) is 6.92 Å². The second-order valence-electron chi connectivity index (χ2n) is 2.88. The molecular formula is C9H10N4. The van der Waals surface area contributed by atoms with Crippen molar-refractivity contribution < 1.29 is 0 Å². The lowest BCUT2D eigenvalue weighted by Crippen LogP contribution is -1.91. The van der Waals surface area contributed by atoms with Gasteiger partial charge in [-0.05, 0) is 13.0 Å². The van der Waals surface area contributed by atoms with Crippen LogP contribution in [-0.4, -0.2) is 15.0 Å². The van der Waals surface area contributed by atoms with Crippen LogP contribution >= 0.6 is 0 Å². The summed E-state index contributed by atoms with van der Waals surface area (Å²) < 4.78 is 0. The van der Waals surface area contributed by atoms with E-state index in [9.17, 15) is 0 Å². The van der Waals surface area contributed by atoms with Gasteiger partial charge in [0.2, 0.25) is 0 Å². The van der Waals surface area contributed by atoms with Crippen LogP contribution in [0.25, 0.3) is 11.4 Å². The van der Waals surface area contributed by atoms with Crippen molar-refractivity contribution >= 4 is 5.69 Å². The van der Waals surface area contributed by atoms with E-state index in [1.165, 1.54) is 0 Å². The third kappa shape index (κ3) is 1.38. The molecule has 0 aromatic carbocycles. The fraction of sp³-hybridized carbons (Fsp3) is 0.111. The summed E-state index contributed by atoms with van der Waals surface area (Å²) in [6.45, 7) is 1.95. The Kier molecular flexibility index (Phi) is 1.73. The summed E-state index contributed by atoms with van der Waals surface area (Å²) in [6, 6.07) is 1.76. The van der Waals surface area contributed by atoms with Crippen LogP contribution in [0.15, 0.2) is 24.7 Å². The minimum atomic E-state index is 0.685. The van der Waals surface area contributed by atoms with Crippen LogP contribution in [0.3, 0.4) is 0 Å². The average Bonchev–Trinajstić information content (AvgIpc) is 2.53. The van der Waals surface area contributed by atoms with Gasteiger partial charge in [0.05, 0.1) is 5.56 Å². The molecule has 0 unspecified atom stereocenters. The highest BCUT2D eigenvalue weighted by molar-refractivity contribution is 5.69. The maximum atomic E-state index is 5.76. The first-order chi connectivity index (χ1) is 6.27. The molecule has 0 fully saturated rings. The van der Waals surface area contributed by atoms with Gasteiger partial charge < -0.3 is 10.7 Å². The number of aryl methyl sites for hydroxylation is 1. The quantitative estimate of drug-likeness (QED) is 0.686.